The molecule has 1 heterocycles. The lowest BCUT2D eigenvalue weighted by molar-refractivity contribution is -0.116. The van der Waals surface area contributed by atoms with Crippen molar-refractivity contribution in [2.24, 2.45) is 5.14 Å². The first-order valence-electron chi connectivity index (χ1n) is 11.0. The summed E-state index contributed by atoms with van der Waals surface area (Å²) in [5.74, 6) is 0.379. The molecule has 0 radical (unpaired) electrons. The minimum Gasteiger partial charge on any atom is -0.496 e. The minimum atomic E-state index is -3.72. The predicted molar refractivity (Wildman–Crippen MR) is 136 cm³/mol. The highest BCUT2D eigenvalue weighted by atomic mass is 32.2. The molecule has 0 aliphatic heterocycles. The van der Waals surface area contributed by atoms with Crippen molar-refractivity contribution < 1.29 is 22.4 Å². The number of primary sulfonamides is 1. The van der Waals surface area contributed by atoms with Crippen LogP contribution in [0.25, 0.3) is 27.7 Å². The van der Waals surface area contributed by atoms with Crippen molar-refractivity contribution in [2.45, 2.75) is 18.2 Å². The van der Waals surface area contributed by atoms with E-state index in [9.17, 15) is 13.2 Å². The maximum Gasteiger partial charge on any atom is 0.244 e. The van der Waals surface area contributed by atoms with E-state index in [0.717, 1.165) is 33.2 Å². The molecule has 0 aliphatic rings. The van der Waals surface area contributed by atoms with Gasteiger partial charge in [-0.25, -0.2) is 13.6 Å². The van der Waals surface area contributed by atoms with Gasteiger partial charge in [0.1, 0.15) is 11.3 Å². The number of sulfonamides is 1. The third-order valence-corrected chi connectivity index (χ3v) is 6.65. The summed E-state index contributed by atoms with van der Waals surface area (Å²) in [6.45, 7) is 2.25. The fraction of sp³-hybridized carbons (Fsp3) is 0.148. The summed E-state index contributed by atoms with van der Waals surface area (Å²) in [4.78, 5) is 12.6. The summed E-state index contributed by atoms with van der Waals surface area (Å²) >= 11 is 0. The molecule has 180 valence electrons. The van der Waals surface area contributed by atoms with Crippen molar-refractivity contribution in [3.63, 3.8) is 0 Å². The average molecular weight is 491 g/mol. The van der Waals surface area contributed by atoms with Crippen molar-refractivity contribution in [2.75, 3.05) is 13.7 Å². The quantitative estimate of drug-likeness (QED) is 0.353. The van der Waals surface area contributed by atoms with Gasteiger partial charge in [0.15, 0.2) is 0 Å². The van der Waals surface area contributed by atoms with Gasteiger partial charge in [0.25, 0.3) is 0 Å². The molecule has 8 heteroatoms. The number of amides is 1. The van der Waals surface area contributed by atoms with Crippen LogP contribution < -0.4 is 15.2 Å². The number of fused-ring (bicyclic) bond motifs is 1. The van der Waals surface area contributed by atoms with Gasteiger partial charge in [0, 0.05) is 35.2 Å². The first kappa shape index (κ1) is 24.3. The first-order valence-corrected chi connectivity index (χ1v) is 12.5. The lowest BCUT2D eigenvalue weighted by atomic mass is 9.99. The molecule has 3 aromatic carbocycles. The number of rotatable bonds is 8. The molecule has 1 amide bonds. The van der Waals surface area contributed by atoms with Gasteiger partial charge in [-0.1, -0.05) is 42.5 Å². The number of benzene rings is 3. The molecule has 0 fully saturated rings. The Balaban J connectivity index is 1.49. The Morgan fingerprint density at radius 2 is 1.80 bits per heavy atom. The molecular weight excluding hydrogens is 464 g/mol. The third-order valence-electron chi connectivity index (χ3n) is 5.72. The molecule has 0 unspecified atom stereocenters. The van der Waals surface area contributed by atoms with E-state index in [0.29, 0.717) is 24.3 Å². The van der Waals surface area contributed by atoms with Gasteiger partial charge < -0.3 is 14.5 Å². The molecule has 4 rings (SSSR count). The Hall–Kier alpha value is -3.88. The maximum absolute atomic E-state index is 12.6. The normalized spacial score (nSPS) is 12.0. The maximum atomic E-state index is 12.6. The van der Waals surface area contributed by atoms with Crippen LogP contribution in [0.15, 0.2) is 88.4 Å². The Bertz CT molecular complexity index is 1490. The largest absolute Gasteiger partial charge is 0.496 e. The highest BCUT2D eigenvalue weighted by Gasteiger charge is 2.15. The van der Waals surface area contributed by atoms with E-state index in [1.54, 1.807) is 25.5 Å². The molecule has 4 aromatic rings. The second kappa shape index (κ2) is 10.2. The van der Waals surface area contributed by atoms with Gasteiger partial charge in [0.2, 0.25) is 15.9 Å². The number of nitrogens with one attached hydrogen (secondary N) is 1. The predicted octanol–water partition coefficient (Wildman–Crippen LogP) is 4.52. The fourth-order valence-electron chi connectivity index (χ4n) is 3.87. The number of ether oxygens (including phenoxy) is 1. The monoisotopic (exact) mass is 490 g/mol. The zero-order chi connectivity index (χ0) is 25.0. The van der Waals surface area contributed by atoms with Gasteiger partial charge in [-0.3, -0.25) is 4.79 Å². The number of hydrogen-bond donors (Lipinski definition) is 2. The van der Waals surface area contributed by atoms with E-state index in [1.165, 1.54) is 18.2 Å². The molecule has 35 heavy (non-hydrogen) atoms. The smallest absolute Gasteiger partial charge is 0.244 e. The number of carbonyl (C=O) groups excluding carboxylic acids is 1. The average Bonchev–Trinajstić information content (AvgIpc) is 3.26. The van der Waals surface area contributed by atoms with E-state index in [-0.39, 0.29) is 10.8 Å². The number of allylic oxidation sites excluding steroid dienone is 1. The van der Waals surface area contributed by atoms with Crippen LogP contribution in [-0.2, 0) is 21.2 Å². The van der Waals surface area contributed by atoms with E-state index in [4.69, 9.17) is 14.3 Å². The van der Waals surface area contributed by atoms with Gasteiger partial charge >= 0.3 is 0 Å². The summed E-state index contributed by atoms with van der Waals surface area (Å²) in [5, 5.41) is 8.92. The second-order valence-electron chi connectivity index (χ2n) is 8.12. The van der Waals surface area contributed by atoms with E-state index in [2.05, 4.69) is 5.32 Å². The number of carbonyl (C=O) groups is 1. The molecule has 1 aromatic heterocycles. The molecule has 0 spiro atoms. The van der Waals surface area contributed by atoms with E-state index in [1.807, 2.05) is 49.4 Å². The number of furan rings is 1. The Morgan fingerprint density at radius 1 is 1.09 bits per heavy atom. The molecule has 0 atom stereocenters. The summed E-state index contributed by atoms with van der Waals surface area (Å²) < 4.78 is 34.0. The minimum absolute atomic E-state index is 0.0582. The fourth-order valence-corrected chi connectivity index (χ4v) is 4.39. The van der Waals surface area contributed by atoms with Gasteiger partial charge in [-0.2, -0.15) is 0 Å². The molecule has 0 aliphatic carbocycles. The SMILES string of the molecule is COc1cc2occ(-c3ccccc3)c2cc1/C(C)=C/C(=O)NCCc1ccc(S(N)(=O)=O)cc1. The zero-order valence-corrected chi connectivity index (χ0v) is 20.3. The van der Waals surface area contributed by atoms with Gasteiger partial charge in [0.05, 0.1) is 18.3 Å². The molecular formula is C27H26N2O5S. The second-order valence-corrected chi connectivity index (χ2v) is 9.68. The lowest BCUT2D eigenvalue weighted by Crippen LogP contribution is -2.23. The summed E-state index contributed by atoms with van der Waals surface area (Å²) in [6, 6.07) is 20.0. The summed E-state index contributed by atoms with van der Waals surface area (Å²) in [7, 11) is -2.14. The third kappa shape index (κ3) is 5.62. The first-order chi connectivity index (χ1) is 16.8. The molecule has 0 bridgehead atoms. The van der Waals surface area contributed by atoms with Crippen molar-refractivity contribution in [1.82, 2.24) is 5.32 Å². The standard InChI is InChI=1S/C27H26N2O5S/c1-18(14-27(30)29-13-12-19-8-10-21(11-9-19)35(28,31)32)22-15-23-24(20-6-4-3-5-7-20)17-34-26(23)16-25(22)33-2/h3-11,14-17H,12-13H2,1-2H3,(H,29,30)(H2,28,31,32)/b18-14+. The zero-order valence-electron chi connectivity index (χ0n) is 19.4. The van der Waals surface area contributed by atoms with Crippen LogP contribution >= 0.6 is 0 Å². The van der Waals surface area contributed by atoms with Crippen LogP contribution in [0.5, 0.6) is 5.75 Å². The van der Waals surface area contributed by atoms with Crippen LogP contribution in [0.2, 0.25) is 0 Å². The summed E-state index contributed by atoms with van der Waals surface area (Å²) in [5.41, 5.74) is 5.15. The van der Waals surface area contributed by atoms with Crippen LogP contribution in [0.1, 0.15) is 18.1 Å². The Morgan fingerprint density at radius 3 is 2.46 bits per heavy atom. The highest BCUT2D eigenvalue weighted by molar-refractivity contribution is 7.89. The number of hydrogen-bond acceptors (Lipinski definition) is 5. The Labute approximate surface area is 204 Å². The molecule has 0 saturated carbocycles. The van der Waals surface area contributed by atoms with Crippen molar-refractivity contribution in [1.29, 1.82) is 0 Å². The molecule has 3 N–H and O–H groups in total. The lowest BCUT2D eigenvalue weighted by Gasteiger charge is -2.10. The highest BCUT2D eigenvalue weighted by Crippen LogP contribution is 2.37. The molecule has 7 nitrogen and oxygen atoms in total. The van der Waals surface area contributed by atoms with Crippen LogP contribution in [0.3, 0.4) is 0 Å². The van der Waals surface area contributed by atoms with E-state index < -0.39 is 10.0 Å². The van der Waals surface area contributed by atoms with Crippen LogP contribution in [0, 0.1) is 0 Å². The Kier molecular flexibility index (Phi) is 7.04. The van der Waals surface area contributed by atoms with Crippen molar-refractivity contribution in [3.05, 3.63) is 90.2 Å². The van der Waals surface area contributed by atoms with Crippen LogP contribution in [-0.4, -0.2) is 28.0 Å². The van der Waals surface area contributed by atoms with Crippen LogP contribution in [0.4, 0.5) is 0 Å². The van der Waals surface area contributed by atoms with E-state index >= 15 is 0 Å². The topological polar surface area (TPSA) is 112 Å². The van der Waals surface area contributed by atoms with Crippen molar-refractivity contribution >= 4 is 32.5 Å². The summed E-state index contributed by atoms with van der Waals surface area (Å²) in [6.07, 6.45) is 3.81. The van der Waals surface area contributed by atoms with Gasteiger partial charge in [-0.15, -0.1) is 0 Å². The van der Waals surface area contributed by atoms with Gasteiger partial charge in [-0.05, 0) is 48.2 Å². The van der Waals surface area contributed by atoms with Crippen molar-refractivity contribution in [3.8, 4) is 16.9 Å². The number of methoxy groups -OCH3 is 1. The number of nitrogens with two attached hydrogens (primary N) is 1. The molecule has 0 saturated heterocycles.